The molecule has 1 aliphatic heterocycles. The lowest BCUT2D eigenvalue weighted by Crippen LogP contribution is -2.54. The molecule has 1 saturated heterocycles. The minimum absolute atomic E-state index is 0.0514. The number of nitriles is 1. The van der Waals surface area contributed by atoms with E-state index in [4.69, 9.17) is 5.26 Å². The number of hydrogen-bond donors (Lipinski definition) is 1. The molecule has 1 amide bonds. The summed E-state index contributed by atoms with van der Waals surface area (Å²) < 4.78 is 0. The van der Waals surface area contributed by atoms with Crippen LogP contribution in [0.3, 0.4) is 0 Å². The normalized spacial score (nSPS) is 20.2. The highest BCUT2D eigenvalue weighted by molar-refractivity contribution is 5.82. The molecule has 4 nitrogen and oxygen atoms in total. The van der Waals surface area contributed by atoms with Gasteiger partial charge >= 0.3 is 0 Å². The Balaban J connectivity index is 2.12. The molecule has 1 aliphatic rings. The Labute approximate surface area is 107 Å². The number of hydrogen-bond acceptors (Lipinski definition) is 3. The van der Waals surface area contributed by atoms with Gasteiger partial charge in [0.2, 0.25) is 5.91 Å². The zero-order valence-corrected chi connectivity index (χ0v) is 10.5. The van der Waals surface area contributed by atoms with Crippen molar-refractivity contribution in [2.24, 2.45) is 0 Å². The Morgan fingerprint density at radius 3 is 3.11 bits per heavy atom. The molecule has 1 heterocycles. The van der Waals surface area contributed by atoms with E-state index in [2.05, 4.69) is 16.3 Å². The fraction of sp³-hybridized carbons (Fsp3) is 0.429. The first-order valence-corrected chi connectivity index (χ1v) is 6.25. The maximum atomic E-state index is 11.7. The molecule has 1 aromatic rings. The molecule has 1 N–H and O–H groups in total. The number of rotatable bonds is 3. The summed E-state index contributed by atoms with van der Waals surface area (Å²) in [6.45, 7) is 4.31. The van der Waals surface area contributed by atoms with E-state index in [1.54, 1.807) is 6.07 Å². The van der Waals surface area contributed by atoms with Crippen molar-refractivity contribution < 1.29 is 4.79 Å². The Morgan fingerprint density at radius 2 is 2.39 bits per heavy atom. The van der Waals surface area contributed by atoms with Gasteiger partial charge in [-0.25, -0.2) is 0 Å². The van der Waals surface area contributed by atoms with Crippen molar-refractivity contribution in [2.45, 2.75) is 25.9 Å². The molecule has 0 bridgehead atoms. The first-order chi connectivity index (χ1) is 8.74. The van der Waals surface area contributed by atoms with Crippen molar-refractivity contribution >= 4 is 5.91 Å². The number of benzene rings is 1. The third kappa shape index (κ3) is 2.69. The van der Waals surface area contributed by atoms with Crippen LogP contribution >= 0.6 is 0 Å². The summed E-state index contributed by atoms with van der Waals surface area (Å²) in [5.74, 6) is 0.111. The van der Waals surface area contributed by atoms with Gasteiger partial charge in [-0.2, -0.15) is 5.26 Å². The molecule has 2 rings (SSSR count). The van der Waals surface area contributed by atoms with Crippen LogP contribution in [0.15, 0.2) is 24.3 Å². The zero-order valence-electron chi connectivity index (χ0n) is 10.5. The second-order valence-electron chi connectivity index (χ2n) is 4.50. The fourth-order valence-electron chi connectivity index (χ4n) is 2.37. The van der Waals surface area contributed by atoms with E-state index in [-0.39, 0.29) is 11.9 Å². The molecule has 18 heavy (non-hydrogen) atoms. The maximum Gasteiger partial charge on any atom is 0.237 e. The summed E-state index contributed by atoms with van der Waals surface area (Å²) in [5.41, 5.74) is 1.75. The Morgan fingerprint density at radius 1 is 1.56 bits per heavy atom. The molecule has 1 aromatic carbocycles. The third-order valence-corrected chi connectivity index (χ3v) is 3.27. The summed E-state index contributed by atoms with van der Waals surface area (Å²) >= 11 is 0. The minimum Gasteiger partial charge on any atom is -0.353 e. The lowest BCUT2D eigenvalue weighted by atomic mass is 10.1. The Bertz CT molecular complexity index is 478. The molecule has 4 heteroatoms. The number of nitrogens with zero attached hydrogens (tertiary/aromatic N) is 2. The van der Waals surface area contributed by atoms with Crippen LogP contribution in [0.1, 0.15) is 24.5 Å². The van der Waals surface area contributed by atoms with Gasteiger partial charge in [-0.15, -0.1) is 0 Å². The summed E-state index contributed by atoms with van der Waals surface area (Å²) in [7, 11) is 0. The number of carbonyl (C=O) groups is 1. The number of carbonyl (C=O) groups excluding carboxylic acids is 1. The molecule has 1 fully saturated rings. The number of amides is 1. The predicted molar refractivity (Wildman–Crippen MR) is 68.7 cm³/mol. The molecule has 1 unspecified atom stereocenters. The molecule has 1 atom stereocenters. The molecule has 0 radical (unpaired) electrons. The van der Waals surface area contributed by atoms with Gasteiger partial charge in [-0.1, -0.05) is 19.1 Å². The Kier molecular flexibility index (Phi) is 3.96. The van der Waals surface area contributed by atoms with E-state index in [0.29, 0.717) is 12.1 Å². The van der Waals surface area contributed by atoms with Crippen molar-refractivity contribution in [3.63, 3.8) is 0 Å². The Hall–Kier alpha value is -1.86. The number of piperazine rings is 1. The van der Waals surface area contributed by atoms with Crippen LogP contribution in [0.5, 0.6) is 0 Å². The summed E-state index contributed by atoms with van der Waals surface area (Å²) in [6.07, 6.45) is 0.809. The van der Waals surface area contributed by atoms with Gasteiger partial charge in [-0.05, 0) is 24.1 Å². The summed E-state index contributed by atoms with van der Waals surface area (Å²) in [5, 5.41) is 11.8. The quantitative estimate of drug-likeness (QED) is 0.869. The van der Waals surface area contributed by atoms with Crippen LogP contribution in [0, 0.1) is 11.3 Å². The van der Waals surface area contributed by atoms with E-state index in [9.17, 15) is 4.79 Å². The van der Waals surface area contributed by atoms with Gasteiger partial charge in [0.05, 0.1) is 17.7 Å². The fourth-order valence-corrected chi connectivity index (χ4v) is 2.37. The minimum atomic E-state index is -0.0514. The van der Waals surface area contributed by atoms with Gasteiger partial charge in [0.25, 0.3) is 0 Å². The highest BCUT2D eigenvalue weighted by Gasteiger charge is 2.27. The molecule has 94 valence electrons. The second-order valence-corrected chi connectivity index (χ2v) is 4.50. The predicted octanol–water partition coefficient (Wildman–Crippen LogP) is 1.27. The van der Waals surface area contributed by atoms with Crippen molar-refractivity contribution in [1.29, 1.82) is 5.26 Å². The van der Waals surface area contributed by atoms with E-state index < -0.39 is 0 Å². The van der Waals surface area contributed by atoms with Crippen molar-refractivity contribution in [2.75, 3.05) is 13.1 Å². The smallest absolute Gasteiger partial charge is 0.237 e. The van der Waals surface area contributed by atoms with E-state index in [1.165, 1.54) is 0 Å². The lowest BCUT2D eigenvalue weighted by Gasteiger charge is -2.34. The largest absolute Gasteiger partial charge is 0.353 e. The van der Waals surface area contributed by atoms with Crippen LogP contribution in [-0.4, -0.2) is 29.9 Å². The standard InChI is InChI=1S/C14H17N3O/c1-2-13-14(18)16-6-7-17(13)10-12-5-3-4-11(8-12)9-15/h3-5,8,13H,2,6-7,10H2,1H3,(H,16,18). The second kappa shape index (κ2) is 5.65. The molecular weight excluding hydrogens is 226 g/mol. The van der Waals surface area contributed by atoms with Crippen molar-refractivity contribution in [1.82, 2.24) is 10.2 Å². The van der Waals surface area contributed by atoms with Crippen LogP contribution in [0.2, 0.25) is 0 Å². The van der Waals surface area contributed by atoms with Crippen molar-refractivity contribution in [3.05, 3.63) is 35.4 Å². The zero-order chi connectivity index (χ0) is 13.0. The van der Waals surface area contributed by atoms with Gasteiger partial charge in [-0.3, -0.25) is 9.69 Å². The van der Waals surface area contributed by atoms with Gasteiger partial charge in [0.1, 0.15) is 0 Å². The van der Waals surface area contributed by atoms with E-state index in [0.717, 1.165) is 25.1 Å². The third-order valence-electron chi connectivity index (χ3n) is 3.27. The average molecular weight is 243 g/mol. The van der Waals surface area contributed by atoms with Gasteiger partial charge < -0.3 is 5.32 Å². The number of nitrogens with one attached hydrogen (secondary N) is 1. The van der Waals surface area contributed by atoms with Gasteiger partial charge in [0, 0.05) is 19.6 Å². The van der Waals surface area contributed by atoms with Gasteiger partial charge in [0.15, 0.2) is 0 Å². The van der Waals surface area contributed by atoms with Crippen LogP contribution in [-0.2, 0) is 11.3 Å². The molecule has 0 aliphatic carbocycles. The van der Waals surface area contributed by atoms with Crippen LogP contribution < -0.4 is 5.32 Å². The summed E-state index contributed by atoms with van der Waals surface area (Å²) in [6, 6.07) is 9.66. The molecular formula is C14H17N3O. The van der Waals surface area contributed by atoms with E-state index >= 15 is 0 Å². The van der Waals surface area contributed by atoms with Crippen LogP contribution in [0.4, 0.5) is 0 Å². The molecule has 0 aromatic heterocycles. The topological polar surface area (TPSA) is 56.1 Å². The highest BCUT2D eigenvalue weighted by Crippen LogP contribution is 2.14. The van der Waals surface area contributed by atoms with Crippen LogP contribution in [0.25, 0.3) is 0 Å². The summed E-state index contributed by atoms with van der Waals surface area (Å²) in [4.78, 5) is 13.9. The first kappa shape index (κ1) is 12.6. The molecule has 0 spiro atoms. The molecule has 0 saturated carbocycles. The SMILES string of the molecule is CCC1C(=O)NCCN1Cc1cccc(C#N)c1. The lowest BCUT2D eigenvalue weighted by molar-refractivity contribution is -0.129. The first-order valence-electron chi connectivity index (χ1n) is 6.25. The monoisotopic (exact) mass is 243 g/mol. The maximum absolute atomic E-state index is 11.7. The van der Waals surface area contributed by atoms with Crippen molar-refractivity contribution in [3.8, 4) is 6.07 Å². The average Bonchev–Trinajstić information content (AvgIpc) is 2.39. The van der Waals surface area contributed by atoms with E-state index in [1.807, 2.05) is 25.1 Å². The highest BCUT2D eigenvalue weighted by atomic mass is 16.2.